The number of nitrogens with zero attached hydrogens (tertiary/aromatic N) is 4. The van der Waals surface area contributed by atoms with E-state index in [1.54, 1.807) is 0 Å². The van der Waals surface area contributed by atoms with Crippen molar-refractivity contribution in [2.75, 3.05) is 0 Å². The van der Waals surface area contributed by atoms with Gasteiger partial charge in [-0.1, -0.05) is 51.0 Å². The van der Waals surface area contributed by atoms with Crippen molar-refractivity contribution < 1.29 is 15.3 Å². The summed E-state index contributed by atoms with van der Waals surface area (Å²) in [6.07, 6.45) is 14.8. The number of allylic oxidation sites excluding steroid dienone is 3. The van der Waals surface area contributed by atoms with Gasteiger partial charge in [0.05, 0.1) is 24.4 Å². The molecule has 3 aliphatic rings. The molecule has 0 saturated heterocycles. The van der Waals surface area contributed by atoms with Gasteiger partial charge in [-0.25, -0.2) is 0 Å². The molecule has 3 N–H and O–H groups in total. The molecular weight excluding hydrogens is 464 g/mol. The molecule has 1 heterocycles. The summed E-state index contributed by atoms with van der Waals surface area (Å²) in [6.45, 7) is 13.5. The Bertz CT molecular complexity index is 979. The molecule has 0 aliphatic heterocycles. The molecule has 7 nitrogen and oxygen atoms in total. The summed E-state index contributed by atoms with van der Waals surface area (Å²) in [5.74, 6) is 1.72. The lowest BCUT2D eigenvalue weighted by molar-refractivity contribution is 0.0110. The van der Waals surface area contributed by atoms with E-state index in [1.165, 1.54) is 48.8 Å². The van der Waals surface area contributed by atoms with Crippen molar-refractivity contribution in [2.24, 2.45) is 29.1 Å². The number of aliphatic hydroxyl groups excluding tert-OH is 2. The van der Waals surface area contributed by atoms with Gasteiger partial charge in [0, 0.05) is 5.92 Å². The van der Waals surface area contributed by atoms with Gasteiger partial charge in [-0.3, -0.25) is 0 Å². The van der Waals surface area contributed by atoms with Gasteiger partial charge in [0.1, 0.15) is 0 Å². The van der Waals surface area contributed by atoms with E-state index in [2.05, 4.69) is 48.0 Å². The van der Waals surface area contributed by atoms with Crippen molar-refractivity contribution in [1.29, 1.82) is 0 Å². The molecule has 0 radical (unpaired) electrons. The standard InChI is InChI=1S/C30H48N4O3/c1-20(8-6-15-29(3,4)37)25-12-13-26-22(9-7-16-30(25,26)5)10-11-23-18-27(35)24(28(36)21(23)2)14-17-34-32-19-31-33-34/h10-11,19-20,24-28,35-37H,2,6-9,12-18H2,1,3-5H3/b22-10-,23-11-/t20-,24+,25-,26+,27-,28-,30-/m1/s1. The maximum absolute atomic E-state index is 10.9. The molecule has 37 heavy (non-hydrogen) atoms. The van der Waals surface area contributed by atoms with Crippen LogP contribution in [0.1, 0.15) is 91.9 Å². The lowest BCUT2D eigenvalue weighted by atomic mass is 9.60. The Balaban J connectivity index is 1.41. The van der Waals surface area contributed by atoms with Crippen LogP contribution >= 0.6 is 0 Å². The van der Waals surface area contributed by atoms with Crippen LogP contribution in [0, 0.1) is 29.1 Å². The Labute approximate surface area is 222 Å². The molecule has 0 aromatic carbocycles. The van der Waals surface area contributed by atoms with Crippen LogP contribution in [-0.4, -0.2) is 53.3 Å². The van der Waals surface area contributed by atoms with E-state index in [9.17, 15) is 15.3 Å². The van der Waals surface area contributed by atoms with Gasteiger partial charge >= 0.3 is 0 Å². The lowest BCUT2D eigenvalue weighted by Gasteiger charge is -2.44. The number of aromatic nitrogens is 4. The van der Waals surface area contributed by atoms with Crippen LogP contribution < -0.4 is 0 Å². The van der Waals surface area contributed by atoms with E-state index in [0.717, 1.165) is 36.3 Å². The maximum atomic E-state index is 10.9. The van der Waals surface area contributed by atoms with E-state index in [-0.39, 0.29) is 5.92 Å². The van der Waals surface area contributed by atoms with Gasteiger partial charge < -0.3 is 15.3 Å². The first kappa shape index (κ1) is 28.2. The van der Waals surface area contributed by atoms with Crippen LogP contribution in [0.3, 0.4) is 0 Å². The summed E-state index contributed by atoms with van der Waals surface area (Å²) in [5, 5.41) is 43.5. The first-order chi connectivity index (χ1) is 17.5. The Hall–Kier alpha value is -1.83. The fourth-order valence-corrected chi connectivity index (χ4v) is 7.73. The number of aryl methyl sites for hydroxylation is 1. The molecule has 3 aliphatic carbocycles. The number of hydrogen-bond acceptors (Lipinski definition) is 6. The third-order valence-corrected chi connectivity index (χ3v) is 9.82. The normalized spacial score (nSPS) is 35.8. The molecule has 0 spiro atoms. The molecule has 0 bridgehead atoms. The monoisotopic (exact) mass is 512 g/mol. The molecule has 7 heteroatoms. The van der Waals surface area contributed by atoms with Crippen molar-refractivity contribution in [3.05, 3.63) is 41.8 Å². The highest BCUT2D eigenvalue weighted by Gasteiger charge is 2.50. The van der Waals surface area contributed by atoms with Gasteiger partial charge in [0.25, 0.3) is 0 Å². The minimum absolute atomic E-state index is 0.283. The van der Waals surface area contributed by atoms with E-state index in [4.69, 9.17) is 0 Å². The largest absolute Gasteiger partial charge is 0.392 e. The lowest BCUT2D eigenvalue weighted by Crippen LogP contribution is -2.39. The van der Waals surface area contributed by atoms with Crippen LogP contribution in [-0.2, 0) is 6.54 Å². The predicted molar refractivity (Wildman–Crippen MR) is 145 cm³/mol. The first-order valence-corrected chi connectivity index (χ1v) is 14.4. The van der Waals surface area contributed by atoms with Gasteiger partial charge in [0.2, 0.25) is 0 Å². The van der Waals surface area contributed by atoms with E-state index in [1.807, 2.05) is 13.8 Å². The molecule has 3 fully saturated rings. The zero-order valence-electron chi connectivity index (χ0n) is 23.3. The summed E-state index contributed by atoms with van der Waals surface area (Å²) >= 11 is 0. The second-order valence-corrected chi connectivity index (χ2v) is 12.9. The molecule has 4 rings (SSSR count). The van der Waals surface area contributed by atoms with Crippen molar-refractivity contribution in [1.82, 2.24) is 20.2 Å². The third kappa shape index (κ3) is 6.43. The van der Waals surface area contributed by atoms with Crippen LogP contribution in [0.25, 0.3) is 0 Å². The molecule has 3 saturated carbocycles. The molecule has 7 atom stereocenters. The van der Waals surface area contributed by atoms with Crippen molar-refractivity contribution >= 4 is 0 Å². The maximum Gasteiger partial charge on any atom is 0.162 e. The van der Waals surface area contributed by atoms with E-state index in [0.29, 0.717) is 36.6 Å². The van der Waals surface area contributed by atoms with Crippen LogP contribution in [0.15, 0.2) is 41.8 Å². The summed E-state index contributed by atoms with van der Waals surface area (Å²) < 4.78 is 0. The van der Waals surface area contributed by atoms with Gasteiger partial charge in [-0.15, -0.1) is 10.2 Å². The van der Waals surface area contributed by atoms with Crippen molar-refractivity contribution in [3.63, 3.8) is 0 Å². The van der Waals surface area contributed by atoms with Crippen molar-refractivity contribution in [3.8, 4) is 0 Å². The average molecular weight is 513 g/mol. The Morgan fingerprint density at radius 2 is 2.05 bits per heavy atom. The van der Waals surface area contributed by atoms with Crippen LogP contribution in [0.4, 0.5) is 0 Å². The number of hydrogen-bond donors (Lipinski definition) is 3. The number of aliphatic hydroxyl groups is 3. The second kappa shape index (κ2) is 11.5. The topological polar surface area (TPSA) is 104 Å². The van der Waals surface area contributed by atoms with Crippen LogP contribution in [0.2, 0.25) is 0 Å². The van der Waals surface area contributed by atoms with Crippen LogP contribution in [0.5, 0.6) is 0 Å². The first-order valence-electron chi connectivity index (χ1n) is 14.4. The summed E-state index contributed by atoms with van der Waals surface area (Å²) in [7, 11) is 0. The third-order valence-electron chi connectivity index (χ3n) is 9.82. The SMILES string of the molecule is C=C1/C(=C\C=C2\CCC[C@]3(C)[C@@H]([C@H](C)CCCC(C)(C)O)CC[C@@H]23)C[C@@H](O)[C@H](CCn2ncnn2)[C@@H]1O. The smallest absolute Gasteiger partial charge is 0.162 e. The average Bonchev–Trinajstić information content (AvgIpc) is 3.47. The van der Waals surface area contributed by atoms with E-state index < -0.39 is 17.8 Å². The fraction of sp³-hybridized carbons (Fsp3) is 0.767. The zero-order valence-corrected chi connectivity index (χ0v) is 23.3. The molecule has 0 amide bonds. The highest BCUT2D eigenvalue weighted by Crippen LogP contribution is 2.60. The summed E-state index contributed by atoms with van der Waals surface area (Å²) in [5.41, 5.74) is 2.98. The molecule has 1 aromatic rings. The number of fused-ring (bicyclic) bond motifs is 1. The number of rotatable bonds is 9. The molecule has 1 aromatic heterocycles. The minimum atomic E-state index is -0.769. The second-order valence-electron chi connectivity index (χ2n) is 12.9. The molecule has 206 valence electrons. The quantitative estimate of drug-likeness (QED) is 0.430. The van der Waals surface area contributed by atoms with E-state index >= 15 is 0 Å². The predicted octanol–water partition coefficient (Wildman–Crippen LogP) is 5.01. The minimum Gasteiger partial charge on any atom is -0.392 e. The molecule has 0 unspecified atom stereocenters. The van der Waals surface area contributed by atoms with Crippen molar-refractivity contribution in [2.45, 2.75) is 116 Å². The highest BCUT2D eigenvalue weighted by molar-refractivity contribution is 5.39. The van der Waals surface area contributed by atoms with Gasteiger partial charge in [0.15, 0.2) is 6.33 Å². The Morgan fingerprint density at radius 3 is 2.76 bits per heavy atom. The highest BCUT2D eigenvalue weighted by atomic mass is 16.3. The van der Waals surface area contributed by atoms with Gasteiger partial charge in [-0.2, -0.15) is 4.80 Å². The summed E-state index contributed by atoms with van der Waals surface area (Å²) in [6, 6.07) is 0. The molecular formula is C30H48N4O3. The Kier molecular flexibility index (Phi) is 8.76. The zero-order chi connectivity index (χ0) is 26.8. The number of tetrazole rings is 1. The fourth-order valence-electron chi connectivity index (χ4n) is 7.73. The Morgan fingerprint density at radius 1 is 1.27 bits per heavy atom. The van der Waals surface area contributed by atoms with Gasteiger partial charge in [-0.05, 0) is 105 Å². The summed E-state index contributed by atoms with van der Waals surface area (Å²) in [4.78, 5) is 1.49.